The summed E-state index contributed by atoms with van der Waals surface area (Å²) < 4.78 is 5.62. The molecule has 30 heavy (non-hydrogen) atoms. The molecule has 0 spiro atoms. The quantitative estimate of drug-likeness (QED) is 0.542. The van der Waals surface area contributed by atoms with Crippen molar-refractivity contribution >= 4 is 23.4 Å². The minimum Gasteiger partial charge on any atom is -0.491 e. The molecule has 0 bridgehead atoms. The molecule has 0 aliphatic rings. The number of ether oxygens (including phenoxy) is 1. The molecule has 0 fully saturated rings. The third-order valence-electron chi connectivity index (χ3n) is 4.52. The van der Waals surface area contributed by atoms with Gasteiger partial charge in [-0.05, 0) is 67.4 Å². The molecule has 2 aromatic carbocycles. The largest absolute Gasteiger partial charge is 0.491 e. The Kier molecular flexibility index (Phi) is 7.22. The average Bonchev–Trinajstić information content (AvgIpc) is 2.77. The first-order valence-electron chi connectivity index (χ1n) is 9.96. The van der Waals surface area contributed by atoms with E-state index in [1.54, 1.807) is 24.5 Å². The zero-order valence-electron chi connectivity index (χ0n) is 17.6. The van der Waals surface area contributed by atoms with Crippen LogP contribution in [-0.2, 0) is 11.3 Å². The number of hydrogen-bond donors (Lipinski definition) is 1. The summed E-state index contributed by atoms with van der Waals surface area (Å²) >= 11 is 0. The second-order valence-electron chi connectivity index (χ2n) is 7.22. The van der Waals surface area contributed by atoms with Crippen molar-refractivity contribution in [1.29, 1.82) is 0 Å². The van der Waals surface area contributed by atoms with Crippen LogP contribution in [0.25, 0.3) is 6.08 Å². The fraction of sp³-hybridized carbons (Fsp3) is 0.200. The molecule has 0 aliphatic heterocycles. The van der Waals surface area contributed by atoms with Crippen LogP contribution in [0.3, 0.4) is 0 Å². The van der Waals surface area contributed by atoms with Gasteiger partial charge >= 0.3 is 0 Å². The molecule has 0 atom stereocenters. The first-order valence-corrected chi connectivity index (χ1v) is 9.96. The summed E-state index contributed by atoms with van der Waals surface area (Å²) in [6.45, 7) is 4.46. The number of carbonyl (C=O) groups is 1. The highest BCUT2D eigenvalue weighted by atomic mass is 16.5. The molecule has 3 rings (SSSR count). The summed E-state index contributed by atoms with van der Waals surface area (Å²) in [5.41, 5.74) is 4.13. The van der Waals surface area contributed by atoms with Crippen molar-refractivity contribution in [1.82, 2.24) is 10.3 Å². The number of hydrogen-bond acceptors (Lipinski definition) is 4. The zero-order valence-corrected chi connectivity index (χ0v) is 17.6. The number of carbonyl (C=O) groups excluding carboxylic acids is 1. The van der Waals surface area contributed by atoms with Gasteiger partial charge in [0.1, 0.15) is 5.75 Å². The predicted molar refractivity (Wildman–Crippen MR) is 122 cm³/mol. The van der Waals surface area contributed by atoms with Gasteiger partial charge in [0.15, 0.2) is 0 Å². The molecule has 1 heterocycles. The lowest BCUT2D eigenvalue weighted by Crippen LogP contribution is -2.20. The van der Waals surface area contributed by atoms with E-state index in [0.29, 0.717) is 6.54 Å². The maximum atomic E-state index is 12.1. The van der Waals surface area contributed by atoms with E-state index in [1.165, 1.54) is 0 Å². The second kappa shape index (κ2) is 10.3. The molecule has 154 valence electrons. The van der Waals surface area contributed by atoms with Gasteiger partial charge in [0, 0.05) is 43.4 Å². The fourth-order valence-electron chi connectivity index (χ4n) is 2.90. The fourth-order valence-corrected chi connectivity index (χ4v) is 2.90. The summed E-state index contributed by atoms with van der Waals surface area (Å²) in [4.78, 5) is 18.3. The molecule has 0 aliphatic carbocycles. The van der Waals surface area contributed by atoms with E-state index in [2.05, 4.69) is 15.2 Å². The normalized spacial score (nSPS) is 10.9. The van der Waals surface area contributed by atoms with E-state index in [0.717, 1.165) is 28.3 Å². The number of nitrogens with zero attached hydrogens (tertiary/aromatic N) is 2. The van der Waals surface area contributed by atoms with Crippen LogP contribution in [0.15, 0.2) is 79.1 Å². The number of aromatic nitrogens is 1. The Morgan fingerprint density at radius 1 is 1.00 bits per heavy atom. The van der Waals surface area contributed by atoms with Crippen LogP contribution < -0.4 is 15.0 Å². The van der Waals surface area contributed by atoms with Crippen LogP contribution in [0.4, 0.5) is 11.4 Å². The maximum Gasteiger partial charge on any atom is 0.244 e. The van der Waals surface area contributed by atoms with E-state index >= 15 is 0 Å². The van der Waals surface area contributed by atoms with Gasteiger partial charge in [-0.3, -0.25) is 9.78 Å². The number of benzene rings is 2. The average molecular weight is 402 g/mol. The van der Waals surface area contributed by atoms with Crippen LogP contribution in [0.1, 0.15) is 25.0 Å². The van der Waals surface area contributed by atoms with Crippen LogP contribution in [0.5, 0.6) is 5.75 Å². The molecule has 5 heteroatoms. The molecule has 0 saturated heterocycles. The van der Waals surface area contributed by atoms with Gasteiger partial charge in [-0.2, -0.15) is 0 Å². The Morgan fingerprint density at radius 3 is 2.27 bits per heavy atom. The zero-order chi connectivity index (χ0) is 21.3. The number of anilines is 2. The lowest BCUT2D eigenvalue weighted by Gasteiger charge is -2.19. The Hall–Kier alpha value is -3.60. The highest BCUT2D eigenvalue weighted by molar-refractivity contribution is 5.91. The smallest absolute Gasteiger partial charge is 0.244 e. The van der Waals surface area contributed by atoms with Gasteiger partial charge < -0.3 is 15.0 Å². The summed E-state index contributed by atoms with van der Waals surface area (Å²) in [7, 11) is 2.01. The number of amides is 1. The van der Waals surface area contributed by atoms with Gasteiger partial charge in [0.2, 0.25) is 5.91 Å². The Balaban J connectivity index is 1.50. The van der Waals surface area contributed by atoms with Crippen molar-refractivity contribution in [2.75, 3.05) is 11.9 Å². The lowest BCUT2D eigenvalue weighted by molar-refractivity contribution is -0.116. The topological polar surface area (TPSA) is 54.5 Å². The molecule has 5 nitrogen and oxygen atoms in total. The van der Waals surface area contributed by atoms with E-state index in [1.807, 2.05) is 81.6 Å². The Labute approximate surface area is 178 Å². The summed E-state index contributed by atoms with van der Waals surface area (Å²) in [6.07, 6.45) is 7.03. The standard InChI is InChI=1S/C25H27N3O2/c1-19(2)30-24-11-6-20(7-12-24)8-13-25(29)27-18-21-4-9-22(10-5-21)28(3)23-14-16-26-17-15-23/h4-17,19H,18H2,1-3H3,(H,27,29)/b13-8+. The van der Waals surface area contributed by atoms with E-state index in [4.69, 9.17) is 4.74 Å². The van der Waals surface area contributed by atoms with E-state index < -0.39 is 0 Å². The van der Waals surface area contributed by atoms with Crippen LogP contribution in [0.2, 0.25) is 0 Å². The molecular formula is C25H27N3O2. The van der Waals surface area contributed by atoms with Gasteiger partial charge in [0.05, 0.1) is 6.10 Å². The molecule has 0 saturated carbocycles. The molecule has 3 aromatic rings. The first kappa shape index (κ1) is 21.1. The van der Waals surface area contributed by atoms with Crippen LogP contribution >= 0.6 is 0 Å². The number of rotatable bonds is 8. The van der Waals surface area contributed by atoms with Crippen LogP contribution in [-0.4, -0.2) is 24.0 Å². The van der Waals surface area contributed by atoms with Gasteiger partial charge in [-0.1, -0.05) is 24.3 Å². The minimum absolute atomic E-state index is 0.129. The second-order valence-corrected chi connectivity index (χ2v) is 7.22. The van der Waals surface area contributed by atoms with E-state index in [-0.39, 0.29) is 12.0 Å². The first-order chi connectivity index (χ1) is 14.5. The lowest BCUT2D eigenvalue weighted by atomic mass is 10.2. The molecule has 0 unspecified atom stereocenters. The summed E-state index contributed by atoms with van der Waals surface area (Å²) in [6, 6.07) is 19.7. The highest BCUT2D eigenvalue weighted by Crippen LogP contribution is 2.22. The SMILES string of the molecule is CC(C)Oc1ccc(/C=C/C(=O)NCc2ccc(N(C)c3ccncc3)cc2)cc1. The molecule has 1 aromatic heterocycles. The third kappa shape index (κ3) is 6.21. The third-order valence-corrected chi connectivity index (χ3v) is 4.52. The summed E-state index contributed by atoms with van der Waals surface area (Å²) in [5.74, 6) is 0.695. The van der Waals surface area contributed by atoms with Gasteiger partial charge in [-0.15, -0.1) is 0 Å². The minimum atomic E-state index is -0.129. The van der Waals surface area contributed by atoms with Crippen molar-refractivity contribution in [2.45, 2.75) is 26.5 Å². The summed E-state index contributed by atoms with van der Waals surface area (Å²) in [5, 5.41) is 2.91. The van der Waals surface area contributed by atoms with Gasteiger partial charge in [0.25, 0.3) is 0 Å². The number of nitrogens with one attached hydrogen (secondary N) is 1. The molecule has 0 radical (unpaired) electrons. The Bertz CT molecular complexity index is 966. The highest BCUT2D eigenvalue weighted by Gasteiger charge is 2.04. The van der Waals surface area contributed by atoms with Crippen molar-refractivity contribution in [3.8, 4) is 5.75 Å². The van der Waals surface area contributed by atoms with E-state index in [9.17, 15) is 4.79 Å². The van der Waals surface area contributed by atoms with Crippen LogP contribution in [0, 0.1) is 0 Å². The number of pyridine rings is 1. The maximum absolute atomic E-state index is 12.1. The Morgan fingerprint density at radius 2 is 1.63 bits per heavy atom. The van der Waals surface area contributed by atoms with Gasteiger partial charge in [-0.25, -0.2) is 0 Å². The van der Waals surface area contributed by atoms with Crippen molar-refractivity contribution < 1.29 is 9.53 Å². The molecule has 1 amide bonds. The van der Waals surface area contributed by atoms with Crippen molar-refractivity contribution in [3.05, 3.63) is 90.3 Å². The molecule has 1 N–H and O–H groups in total. The monoisotopic (exact) mass is 401 g/mol. The van der Waals surface area contributed by atoms with Crippen molar-refractivity contribution in [2.24, 2.45) is 0 Å². The predicted octanol–water partition coefficient (Wildman–Crippen LogP) is 4.97. The molecular weight excluding hydrogens is 374 g/mol. The van der Waals surface area contributed by atoms with Crippen molar-refractivity contribution in [3.63, 3.8) is 0 Å².